The van der Waals surface area contributed by atoms with Crippen molar-refractivity contribution in [1.82, 2.24) is 10.5 Å². The average molecular weight is 360 g/mol. The van der Waals surface area contributed by atoms with Gasteiger partial charge in [0.1, 0.15) is 5.57 Å². The van der Waals surface area contributed by atoms with E-state index in [1.54, 1.807) is 5.94 Å². The highest BCUT2D eigenvalue weighted by Gasteiger charge is 2.38. The molecule has 6 heteroatoms. The van der Waals surface area contributed by atoms with E-state index in [9.17, 15) is 9.59 Å². The molecule has 0 spiro atoms. The summed E-state index contributed by atoms with van der Waals surface area (Å²) in [4.78, 5) is 32.2. The minimum atomic E-state index is -0.617. The molecule has 1 amide bonds. The maximum absolute atomic E-state index is 12.6. The van der Waals surface area contributed by atoms with Gasteiger partial charge in [-0.15, -0.1) is 0 Å². The fraction of sp³-hybridized carbons (Fsp3) is 0.0952. The Morgan fingerprint density at radius 3 is 2.59 bits per heavy atom. The summed E-state index contributed by atoms with van der Waals surface area (Å²) >= 11 is 0. The van der Waals surface area contributed by atoms with E-state index < -0.39 is 12.0 Å². The van der Waals surface area contributed by atoms with Crippen LogP contribution >= 0.6 is 0 Å². The van der Waals surface area contributed by atoms with Crippen molar-refractivity contribution in [1.29, 1.82) is 0 Å². The van der Waals surface area contributed by atoms with Crippen molar-refractivity contribution in [2.24, 2.45) is 0 Å². The van der Waals surface area contributed by atoms with Crippen LogP contribution in [0.2, 0.25) is 0 Å². The standard InChI is InChI=1S/C21H16N2O4/c1-26-23-21(25)19-17(12-24)27-20(13-7-3-2-4-8-13)18(19)16-11-14-9-5-6-10-15(14)22-16/h2-11,20,22H,1H3,(H,23,25). The molecule has 0 aliphatic carbocycles. The van der Waals surface area contributed by atoms with E-state index in [2.05, 4.69) is 10.5 Å². The summed E-state index contributed by atoms with van der Waals surface area (Å²) in [5.74, 6) is 1.03. The zero-order chi connectivity index (χ0) is 18.8. The van der Waals surface area contributed by atoms with Crippen LogP contribution in [0, 0.1) is 0 Å². The number of para-hydroxylation sites is 1. The van der Waals surface area contributed by atoms with Crippen LogP contribution in [0.3, 0.4) is 0 Å². The first-order chi connectivity index (χ1) is 13.2. The Hall–Kier alpha value is -3.60. The number of ether oxygens (including phenoxy) is 1. The average Bonchev–Trinajstić information content (AvgIpc) is 3.30. The second-order valence-electron chi connectivity index (χ2n) is 6.03. The minimum absolute atomic E-state index is 0.104. The second kappa shape index (κ2) is 6.96. The van der Waals surface area contributed by atoms with E-state index in [0.717, 1.165) is 16.5 Å². The van der Waals surface area contributed by atoms with Gasteiger partial charge in [0, 0.05) is 16.8 Å². The number of aromatic amines is 1. The number of benzene rings is 2. The number of carbonyl (C=O) groups is 1. The molecule has 0 bridgehead atoms. The lowest BCUT2D eigenvalue weighted by molar-refractivity contribution is -0.127. The fourth-order valence-electron chi connectivity index (χ4n) is 3.29. The van der Waals surface area contributed by atoms with Gasteiger partial charge < -0.3 is 9.72 Å². The summed E-state index contributed by atoms with van der Waals surface area (Å²) in [6.45, 7) is 0. The number of fused-ring (bicyclic) bond motifs is 1. The van der Waals surface area contributed by atoms with Crippen LogP contribution in [0.15, 0.2) is 72.0 Å². The third kappa shape index (κ3) is 2.93. The smallest absolute Gasteiger partial charge is 0.279 e. The number of hydrogen-bond acceptors (Lipinski definition) is 4. The van der Waals surface area contributed by atoms with Gasteiger partial charge in [0.05, 0.1) is 7.11 Å². The molecule has 3 aromatic rings. The third-order valence-electron chi connectivity index (χ3n) is 4.43. The van der Waals surface area contributed by atoms with Gasteiger partial charge in [0.15, 0.2) is 12.0 Å². The van der Waals surface area contributed by atoms with E-state index in [1.807, 2.05) is 60.7 Å². The molecule has 0 radical (unpaired) electrons. The van der Waals surface area contributed by atoms with Crippen molar-refractivity contribution < 1.29 is 19.2 Å². The molecule has 1 unspecified atom stereocenters. The Morgan fingerprint density at radius 1 is 1.15 bits per heavy atom. The molecule has 4 rings (SSSR count). The molecule has 6 nitrogen and oxygen atoms in total. The molecule has 0 saturated heterocycles. The molecule has 134 valence electrons. The monoisotopic (exact) mass is 360 g/mol. The number of amides is 1. The summed E-state index contributed by atoms with van der Waals surface area (Å²) in [5, 5.41) is 0.988. The number of nitrogens with one attached hydrogen (secondary N) is 2. The number of aromatic nitrogens is 1. The summed E-state index contributed by atoms with van der Waals surface area (Å²) in [5.41, 5.74) is 5.36. The maximum Gasteiger partial charge on any atom is 0.279 e. The fourth-order valence-corrected chi connectivity index (χ4v) is 3.29. The highest BCUT2D eigenvalue weighted by molar-refractivity contribution is 6.08. The van der Waals surface area contributed by atoms with Gasteiger partial charge in [0.25, 0.3) is 5.91 Å². The lowest BCUT2D eigenvalue weighted by Crippen LogP contribution is -2.24. The number of H-pyrrole nitrogens is 1. The van der Waals surface area contributed by atoms with Gasteiger partial charge in [0.2, 0.25) is 5.76 Å². The van der Waals surface area contributed by atoms with E-state index in [-0.39, 0.29) is 11.3 Å². The number of hydrogen-bond donors (Lipinski definition) is 2. The highest BCUT2D eigenvalue weighted by atomic mass is 16.6. The van der Waals surface area contributed by atoms with Crippen LogP contribution in [-0.2, 0) is 19.2 Å². The molecular weight excluding hydrogens is 344 g/mol. The van der Waals surface area contributed by atoms with Crippen LogP contribution in [0.25, 0.3) is 16.5 Å². The van der Waals surface area contributed by atoms with Crippen LogP contribution in [-0.4, -0.2) is 23.9 Å². The molecular formula is C21H16N2O4. The van der Waals surface area contributed by atoms with Crippen molar-refractivity contribution in [3.63, 3.8) is 0 Å². The normalized spacial score (nSPS) is 16.3. The van der Waals surface area contributed by atoms with Gasteiger partial charge in [-0.2, -0.15) is 0 Å². The zero-order valence-corrected chi connectivity index (χ0v) is 14.5. The van der Waals surface area contributed by atoms with Crippen molar-refractivity contribution >= 4 is 28.3 Å². The van der Waals surface area contributed by atoms with E-state index >= 15 is 0 Å². The SMILES string of the molecule is CONC(=O)C1=C(c2cc3ccccc3[nH]2)C(c2ccccc2)OC1=C=O. The topological polar surface area (TPSA) is 80.4 Å². The zero-order valence-electron chi connectivity index (χ0n) is 14.5. The molecule has 2 aromatic carbocycles. The largest absolute Gasteiger partial charge is 0.469 e. The number of rotatable bonds is 4. The van der Waals surface area contributed by atoms with Crippen LogP contribution in [0.5, 0.6) is 0 Å². The second-order valence-corrected chi connectivity index (χ2v) is 6.03. The Morgan fingerprint density at radius 2 is 1.89 bits per heavy atom. The Labute approximate surface area is 155 Å². The van der Waals surface area contributed by atoms with Gasteiger partial charge >= 0.3 is 0 Å². The first-order valence-corrected chi connectivity index (χ1v) is 8.35. The predicted octanol–water partition coefficient (Wildman–Crippen LogP) is 3.09. The molecule has 2 heterocycles. The quantitative estimate of drug-likeness (QED) is 0.553. The van der Waals surface area contributed by atoms with Crippen LogP contribution in [0.4, 0.5) is 0 Å². The van der Waals surface area contributed by atoms with Crippen LogP contribution < -0.4 is 5.48 Å². The minimum Gasteiger partial charge on any atom is -0.469 e. The van der Waals surface area contributed by atoms with Crippen molar-refractivity contribution in [2.45, 2.75) is 6.10 Å². The molecule has 1 aliphatic heterocycles. The van der Waals surface area contributed by atoms with Crippen molar-refractivity contribution in [3.8, 4) is 0 Å². The number of hydroxylamine groups is 1. The van der Waals surface area contributed by atoms with Crippen molar-refractivity contribution in [3.05, 3.63) is 83.3 Å². The first kappa shape index (κ1) is 16.8. The molecule has 0 fully saturated rings. The van der Waals surface area contributed by atoms with Gasteiger partial charge in [-0.05, 0) is 23.1 Å². The lowest BCUT2D eigenvalue weighted by atomic mass is 9.95. The predicted molar refractivity (Wildman–Crippen MR) is 99.8 cm³/mol. The van der Waals surface area contributed by atoms with Gasteiger partial charge in [-0.1, -0.05) is 48.5 Å². The summed E-state index contributed by atoms with van der Waals surface area (Å²) in [6, 6.07) is 19.1. The molecule has 1 aliphatic rings. The molecule has 2 N–H and O–H groups in total. The first-order valence-electron chi connectivity index (χ1n) is 8.35. The molecule has 1 aromatic heterocycles. The Balaban J connectivity index is 1.96. The highest BCUT2D eigenvalue weighted by Crippen LogP contribution is 2.45. The number of carbonyl (C=O) groups excluding carboxylic acids is 2. The van der Waals surface area contributed by atoms with Crippen molar-refractivity contribution in [2.75, 3.05) is 7.11 Å². The summed E-state index contributed by atoms with van der Waals surface area (Å²) in [7, 11) is 1.33. The summed E-state index contributed by atoms with van der Waals surface area (Å²) < 4.78 is 5.82. The van der Waals surface area contributed by atoms with E-state index in [0.29, 0.717) is 11.3 Å². The van der Waals surface area contributed by atoms with Crippen LogP contribution in [0.1, 0.15) is 17.4 Å². The molecule has 0 saturated carbocycles. The molecule has 1 atom stereocenters. The molecule has 27 heavy (non-hydrogen) atoms. The van der Waals surface area contributed by atoms with E-state index in [4.69, 9.17) is 9.57 Å². The van der Waals surface area contributed by atoms with Gasteiger partial charge in [-0.3, -0.25) is 9.63 Å². The lowest BCUT2D eigenvalue weighted by Gasteiger charge is -2.14. The third-order valence-corrected chi connectivity index (χ3v) is 4.43. The Bertz CT molecular complexity index is 1060. The maximum atomic E-state index is 12.6. The summed E-state index contributed by atoms with van der Waals surface area (Å²) in [6.07, 6.45) is -0.617. The Kier molecular flexibility index (Phi) is 4.34. The van der Waals surface area contributed by atoms with Gasteiger partial charge in [-0.25, -0.2) is 10.3 Å². The van der Waals surface area contributed by atoms with E-state index in [1.165, 1.54) is 7.11 Å².